The van der Waals surface area contributed by atoms with Crippen LogP contribution in [-0.2, 0) is 80.5 Å². The Bertz CT molecular complexity index is 2200. The Morgan fingerprint density at radius 1 is 0.477 bits per heavy atom. The van der Waals surface area contributed by atoms with Crippen LogP contribution in [0, 0.1) is 34.5 Å². The van der Waals surface area contributed by atoms with Crippen LogP contribution in [0.2, 0.25) is 0 Å². The molecular formula is C62H104O24. The lowest BCUT2D eigenvalue weighted by molar-refractivity contribution is -0.357. The Morgan fingerprint density at radius 3 is 1.57 bits per heavy atom. The Hall–Kier alpha value is -1.22. The molecule has 496 valence electrons. The van der Waals surface area contributed by atoms with Crippen LogP contribution in [0.1, 0.15) is 126 Å². The third-order valence-corrected chi connectivity index (χ3v) is 22.5. The first-order valence-electron chi connectivity index (χ1n) is 31.9. The highest BCUT2D eigenvalue weighted by atomic mass is 16.8. The maximum absolute atomic E-state index is 13.0. The molecule has 86 heavy (non-hydrogen) atoms. The molecular weight excluding hydrogens is 1130 g/mol. The second-order valence-electron chi connectivity index (χ2n) is 27.1. The third-order valence-electron chi connectivity index (χ3n) is 22.5. The van der Waals surface area contributed by atoms with E-state index < -0.39 is 184 Å². The standard InChI is InChI=1S/C62H104O24/c1-28-48(64)39(70-9)23-45(75-28)85-56-32(5)79-59(52(68)57(56)74-13)81-35-16-19-60(7)34(22-35)14-15-36-37(60)17-20-61(8)38(36)18-21-62(61,69)33(6)80-44-24-40(71-10)53(29(2)76-44)83-46-25-41(72-11)54(30(3)77-46)84-47-26-42(73-12)55(31(4)78-47)86-58-51(67)50(66)49(65)43(27-63)82-58/h14-15,28-59,63-69H,16-27H2,1-13H3/t28-,29+,30+,31+,32+,33-,34-,35-,36+,37-,38-,39+,40+,41+,42-,43+,44-,45-,46-,47-,48+,49+,50-,51+,52+,53+,54+,55+,56-,57+,58-,59-,60-,61-,62-/m0/s1. The number of ether oxygens (including phenoxy) is 17. The molecule has 6 aliphatic heterocycles. The Labute approximate surface area is 507 Å². The molecule has 35 atom stereocenters. The van der Waals surface area contributed by atoms with Gasteiger partial charge in [0.15, 0.2) is 37.7 Å². The maximum atomic E-state index is 13.0. The molecule has 0 aromatic rings. The third kappa shape index (κ3) is 12.9. The van der Waals surface area contributed by atoms with Crippen LogP contribution >= 0.6 is 0 Å². The van der Waals surface area contributed by atoms with E-state index in [0.29, 0.717) is 37.5 Å². The lowest BCUT2D eigenvalue weighted by atomic mass is 9.46. The van der Waals surface area contributed by atoms with Gasteiger partial charge in [-0.1, -0.05) is 26.0 Å². The van der Waals surface area contributed by atoms with Gasteiger partial charge < -0.3 is 116 Å². The number of aliphatic hydroxyl groups excluding tert-OH is 6. The SMILES string of the molecule is CO[C@@H]1[C@@H](O)[C@H](O[C@H]2CC[C@@]3(C)[C@@H](C=C[C@@H]4[C@@H]3CC[C@@]3(C)[C@H]4CC[C@]3(O)[C@H](C)O[C@H]3C[C@@H](OC)[C@H](O[C@H]4C[C@@H](OC)[C@H](O[C@H]5C[C@H](OC)[C@H](O[C@@H]6O[C@H](CO)[C@@H](O)[C@H](O)[C@H]6O)[C@@H](C)O5)[C@@H](C)O4)[C@@H](C)O3)C2)O[C@H](C)[C@@H]1O[C@H]1C[C@@H](OC)[C@H](O)[C@H](C)O1. The summed E-state index contributed by atoms with van der Waals surface area (Å²) in [5, 5.41) is 76.1. The van der Waals surface area contributed by atoms with E-state index in [2.05, 4.69) is 26.0 Å². The van der Waals surface area contributed by atoms with Gasteiger partial charge in [0, 0.05) is 66.6 Å². The molecule has 0 bridgehead atoms. The molecule has 3 saturated carbocycles. The molecule has 6 heterocycles. The molecule has 24 heteroatoms. The van der Waals surface area contributed by atoms with E-state index in [1.807, 2.05) is 27.7 Å². The van der Waals surface area contributed by atoms with Crippen LogP contribution in [0.3, 0.4) is 0 Å². The van der Waals surface area contributed by atoms with Crippen molar-refractivity contribution in [3.05, 3.63) is 12.2 Å². The number of hydrogen-bond donors (Lipinski definition) is 7. The number of allylic oxidation sites excluding steroid dienone is 2. The number of fused-ring (bicyclic) bond motifs is 5. The van der Waals surface area contributed by atoms with Gasteiger partial charge in [0.1, 0.15) is 67.1 Å². The van der Waals surface area contributed by atoms with Crippen molar-refractivity contribution in [1.29, 1.82) is 0 Å². The summed E-state index contributed by atoms with van der Waals surface area (Å²) in [6.07, 6.45) is -9.12. The molecule has 10 rings (SSSR count). The van der Waals surface area contributed by atoms with Gasteiger partial charge in [-0.2, -0.15) is 0 Å². The van der Waals surface area contributed by atoms with E-state index in [9.17, 15) is 35.7 Å². The first-order chi connectivity index (χ1) is 40.9. The summed E-state index contributed by atoms with van der Waals surface area (Å²) in [5.41, 5.74) is -1.47. The van der Waals surface area contributed by atoms with Crippen LogP contribution < -0.4 is 0 Å². The van der Waals surface area contributed by atoms with E-state index in [1.165, 1.54) is 7.11 Å². The van der Waals surface area contributed by atoms with Crippen LogP contribution in [0.5, 0.6) is 0 Å². The lowest BCUT2D eigenvalue weighted by Crippen LogP contribution is -2.62. The predicted octanol–water partition coefficient (Wildman–Crippen LogP) is 2.75. The molecule has 4 aliphatic carbocycles. The van der Waals surface area contributed by atoms with Gasteiger partial charge in [0.25, 0.3) is 0 Å². The monoisotopic (exact) mass is 1230 g/mol. The predicted molar refractivity (Wildman–Crippen MR) is 301 cm³/mol. The zero-order chi connectivity index (χ0) is 61.9. The maximum Gasteiger partial charge on any atom is 0.187 e. The topological polar surface area (TPSA) is 299 Å². The quantitative estimate of drug-likeness (QED) is 0.0915. The minimum Gasteiger partial charge on any atom is -0.394 e. The Kier molecular flexibility index (Phi) is 21.8. The van der Waals surface area contributed by atoms with Gasteiger partial charge in [-0.3, -0.25) is 0 Å². The second-order valence-corrected chi connectivity index (χ2v) is 27.1. The number of aliphatic hydroxyl groups is 7. The van der Waals surface area contributed by atoms with Crippen molar-refractivity contribution < 1.29 is 116 Å². The lowest BCUT2D eigenvalue weighted by Gasteiger charge is -2.60. The highest BCUT2D eigenvalue weighted by Crippen LogP contribution is 2.68. The molecule has 0 aromatic carbocycles. The van der Waals surface area contributed by atoms with Crippen LogP contribution in [0.25, 0.3) is 0 Å². The highest BCUT2D eigenvalue weighted by Gasteiger charge is 2.66. The van der Waals surface area contributed by atoms with Crippen LogP contribution in [-0.4, -0.2) is 256 Å². The molecule has 6 saturated heterocycles. The fraction of sp³-hybridized carbons (Fsp3) is 0.968. The number of hydrogen-bond acceptors (Lipinski definition) is 24. The van der Waals surface area contributed by atoms with Crippen molar-refractivity contribution >= 4 is 0 Å². The van der Waals surface area contributed by atoms with Crippen molar-refractivity contribution in [3.63, 3.8) is 0 Å². The van der Waals surface area contributed by atoms with E-state index in [-0.39, 0.29) is 29.8 Å². The fourth-order valence-corrected chi connectivity index (χ4v) is 17.3. The van der Waals surface area contributed by atoms with Gasteiger partial charge in [-0.15, -0.1) is 0 Å². The molecule has 7 N–H and O–H groups in total. The summed E-state index contributed by atoms with van der Waals surface area (Å²) in [5.74, 6) is 1.28. The molecule has 0 spiro atoms. The van der Waals surface area contributed by atoms with Gasteiger partial charge in [0.05, 0.1) is 79.4 Å². The normalized spacial score (nSPS) is 53.7. The highest BCUT2D eigenvalue weighted by molar-refractivity contribution is 5.22. The summed E-state index contributed by atoms with van der Waals surface area (Å²) in [4.78, 5) is 0. The van der Waals surface area contributed by atoms with E-state index >= 15 is 0 Å². The summed E-state index contributed by atoms with van der Waals surface area (Å²) < 4.78 is 106. The number of rotatable bonds is 19. The van der Waals surface area contributed by atoms with Gasteiger partial charge in [-0.25, -0.2) is 0 Å². The van der Waals surface area contributed by atoms with Crippen LogP contribution in [0.4, 0.5) is 0 Å². The van der Waals surface area contributed by atoms with Gasteiger partial charge >= 0.3 is 0 Å². The smallest absolute Gasteiger partial charge is 0.187 e. The molecule has 0 amide bonds. The summed E-state index contributed by atoms with van der Waals surface area (Å²) in [6.45, 7) is 15.4. The van der Waals surface area contributed by atoms with E-state index in [4.69, 9.17) is 80.5 Å². The van der Waals surface area contributed by atoms with Crippen molar-refractivity contribution in [2.24, 2.45) is 34.5 Å². The molecule has 0 aromatic heterocycles. The Morgan fingerprint density at radius 2 is 0.988 bits per heavy atom. The Balaban J connectivity index is 0.703. The van der Waals surface area contributed by atoms with Gasteiger partial charge in [-0.05, 0) is 116 Å². The van der Waals surface area contributed by atoms with Crippen molar-refractivity contribution in [1.82, 2.24) is 0 Å². The van der Waals surface area contributed by atoms with E-state index in [0.717, 1.165) is 38.5 Å². The fourth-order valence-electron chi connectivity index (χ4n) is 17.3. The molecule has 24 nitrogen and oxygen atoms in total. The largest absolute Gasteiger partial charge is 0.394 e. The van der Waals surface area contributed by atoms with Crippen molar-refractivity contribution in [2.75, 3.05) is 42.2 Å². The molecule has 9 fully saturated rings. The molecule has 0 radical (unpaired) electrons. The molecule has 0 unspecified atom stereocenters. The minimum atomic E-state index is -1.59. The minimum absolute atomic E-state index is 0.0343. The van der Waals surface area contributed by atoms with E-state index in [1.54, 1.807) is 42.3 Å². The average molecular weight is 1230 g/mol. The molecule has 10 aliphatic rings. The average Bonchev–Trinajstić information content (AvgIpc) is 1.46. The van der Waals surface area contributed by atoms with Crippen molar-refractivity contribution in [3.8, 4) is 0 Å². The summed E-state index contributed by atoms with van der Waals surface area (Å²) >= 11 is 0. The first kappa shape index (κ1) is 67.7. The zero-order valence-corrected chi connectivity index (χ0v) is 52.7. The second kappa shape index (κ2) is 27.8. The summed E-state index contributed by atoms with van der Waals surface area (Å²) in [6, 6.07) is 0. The van der Waals surface area contributed by atoms with Gasteiger partial charge in [0.2, 0.25) is 0 Å². The first-order valence-corrected chi connectivity index (χ1v) is 31.9. The number of methoxy groups -OCH3 is 5. The van der Waals surface area contributed by atoms with Crippen LogP contribution in [0.15, 0.2) is 12.2 Å². The zero-order valence-electron chi connectivity index (χ0n) is 52.7. The summed E-state index contributed by atoms with van der Waals surface area (Å²) in [7, 11) is 7.89. The van der Waals surface area contributed by atoms with Crippen molar-refractivity contribution in [2.45, 2.75) is 304 Å².